The quantitative estimate of drug-likeness (QED) is 0.601. The third-order valence-corrected chi connectivity index (χ3v) is 4.17. The van der Waals surface area contributed by atoms with Crippen molar-refractivity contribution in [2.24, 2.45) is 11.8 Å². The Morgan fingerprint density at radius 2 is 1.11 bits per heavy atom. The molecule has 3 heterocycles. The largest absolute Gasteiger partial charge is 0.416 e. The van der Waals surface area contributed by atoms with Crippen LogP contribution in [-0.4, -0.2) is 20.2 Å². The number of pyridine rings is 2. The van der Waals surface area contributed by atoms with Crippen molar-refractivity contribution in [1.29, 1.82) is 0 Å². The van der Waals surface area contributed by atoms with E-state index in [2.05, 4.69) is 47.9 Å². The van der Waals surface area contributed by atoms with Gasteiger partial charge in [-0.2, -0.15) is 0 Å². The molecule has 0 fully saturated rings. The maximum Gasteiger partial charge on any atom is 0.248 e. The van der Waals surface area contributed by atoms with Crippen molar-refractivity contribution >= 4 is 0 Å². The van der Waals surface area contributed by atoms with Crippen LogP contribution in [0.1, 0.15) is 50.5 Å². The maximum absolute atomic E-state index is 6.01. The molecular formula is C22H28N4O. The Morgan fingerprint density at radius 3 is 1.48 bits per heavy atom. The fourth-order valence-electron chi connectivity index (χ4n) is 3.22. The molecule has 3 aromatic heterocycles. The van der Waals surface area contributed by atoms with E-state index in [1.54, 1.807) is 0 Å². The number of nitrogens with zero attached hydrogens (tertiary/aromatic N) is 4. The molecule has 0 saturated heterocycles. The fourth-order valence-corrected chi connectivity index (χ4v) is 3.22. The molecule has 0 spiro atoms. The molecule has 5 heteroatoms. The summed E-state index contributed by atoms with van der Waals surface area (Å²) in [5.74, 6) is 2.15. The molecule has 27 heavy (non-hydrogen) atoms. The summed E-state index contributed by atoms with van der Waals surface area (Å²) in [4.78, 5) is 9.23. The van der Waals surface area contributed by atoms with Gasteiger partial charge in [0, 0.05) is 33.9 Å². The Balaban J connectivity index is 1.93. The molecule has 142 valence electrons. The highest BCUT2D eigenvalue weighted by atomic mass is 16.4. The molecule has 3 aromatic rings. The summed E-state index contributed by atoms with van der Waals surface area (Å²) >= 11 is 0. The second-order valence-electron chi connectivity index (χ2n) is 8.09. The zero-order valence-electron chi connectivity index (χ0n) is 17.1. The predicted molar refractivity (Wildman–Crippen MR) is 107 cm³/mol. The van der Waals surface area contributed by atoms with E-state index in [1.165, 1.54) is 0 Å². The van der Waals surface area contributed by atoms with Gasteiger partial charge in [-0.25, -0.2) is 0 Å². The molecule has 0 bridgehead atoms. The lowest BCUT2D eigenvalue weighted by molar-refractivity contribution is 0.582. The van der Waals surface area contributed by atoms with Gasteiger partial charge in [0.05, 0.1) is 0 Å². The van der Waals surface area contributed by atoms with Gasteiger partial charge in [-0.15, -0.1) is 10.2 Å². The lowest BCUT2D eigenvalue weighted by atomic mass is 10.1. The van der Waals surface area contributed by atoms with E-state index in [0.717, 1.165) is 46.7 Å². The molecule has 0 aliphatic heterocycles. The van der Waals surface area contributed by atoms with Crippen molar-refractivity contribution in [1.82, 2.24) is 20.2 Å². The Labute approximate surface area is 161 Å². The Morgan fingerprint density at radius 1 is 0.704 bits per heavy atom. The van der Waals surface area contributed by atoms with Crippen molar-refractivity contribution < 1.29 is 4.42 Å². The molecule has 0 aromatic carbocycles. The number of rotatable bonds is 6. The Kier molecular flexibility index (Phi) is 5.68. The average Bonchev–Trinajstić information content (AvgIpc) is 3.02. The van der Waals surface area contributed by atoms with Crippen LogP contribution in [0.15, 0.2) is 28.7 Å². The third kappa shape index (κ3) is 5.00. The van der Waals surface area contributed by atoms with E-state index in [-0.39, 0.29) is 0 Å². The van der Waals surface area contributed by atoms with Crippen LogP contribution >= 0.6 is 0 Å². The molecule has 5 nitrogen and oxygen atoms in total. The minimum atomic E-state index is 0.528. The van der Waals surface area contributed by atoms with Gasteiger partial charge in [0.15, 0.2) is 0 Å². The summed E-state index contributed by atoms with van der Waals surface area (Å²) in [5, 5.41) is 8.56. The SMILES string of the molecule is Cc1cc(-c2nnc(-c3cc(C)nc(CC(C)C)c3)o2)cc(CC(C)C)n1. The fraction of sp³-hybridized carbons (Fsp3) is 0.455. The first-order chi connectivity index (χ1) is 12.8. The first-order valence-electron chi connectivity index (χ1n) is 9.59. The van der Waals surface area contributed by atoms with E-state index in [9.17, 15) is 0 Å². The van der Waals surface area contributed by atoms with E-state index in [1.807, 2.05) is 38.1 Å². The van der Waals surface area contributed by atoms with Gasteiger partial charge in [-0.05, 0) is 62.8 Å². The Bertz CT molecular complexity index is 854. The van der Waals surface area contributed by atoms with Gasteiger partial charge < -0.3 is 4.42 Å². The molecule has 0 unspecified atom stereocenters. The third-order valence-electron chi connectivity index (χ3n) is 4.17. The lowest BCUT2D eigenvalue weighted by Crippen LogP contribution is -1.99. The number of hydrogen-bond donors (Lipinski definition) is 0. The average molecular weight is 364 g/mol. The normalized spacial score (nSPS) is 11.6. The molecule has 0 radical (unpaired) electrons. The van der Waals surface area contributed by atoms with Crippen LogP contribution in [-0.2, 0) is 12.8 Å². The van der Waals surface area contributed by atoms with Crippen LogP contribution in [0.2, 0.25) is 0 Å². The first kappa shape index (κ1) is 19.2. The van der Waals surface area contributed by atoms with Crippen molar-refractivity contribution in [3.05, 3.63) is 47.0 Å². The number of aryl methyl sites for hydroxylation is 2. The summed E-state index contributed by atoms with van der Waals surface area (Å²) in [5.41, 5.74) is 5.87. The van der Waals surface area contributed by atoms with Crippen LogP contribution in [0, 0.1) is 25.7 Å². The standard InChI is InChI=1S/C22H28N4O/c1-13(2)7-19-11-17(9-15(5)23-19)21-25-26-22(27-21)18-10-16(6)24-20(12-18)8-14(3)4/h9-14H,7-8H2,1-6H3. The minimum Gasteiger partial charge on any atom is -0.416 e. The van der Waals surface area contributed by atoms with Gasteiger partial charge >= 0.3 is 0 Å². The summed E-state index contributed by atoms with van der Waals surface area (Å²) in [6.45, 7) is 12.7. The van der Waals surface area contributed by atoms with Gasteiger partial charge in [-0.1, -0.05) is 27.7 Å². The number of aromatic nitrogens is 4. The van der Waals surface area contributed by atoms with Gasteiger partial charge in [0.25, 0.3) is 0 Å². The van der Waals surface area contributed by atoms with Crippen LogP contribution < -0.4 is 0 Å². The highest BCUT2D eigenvalue weighted by Crippen LogP contribution is 2.26. The first-order valence-corrected chi connectivity index (χ1v) is 9.59. The summed E-state index contributed by atoms with van der Waals surface area (Å²) < 4.78 is 6.01. The smallest absolute Gasteiger partial charge is 0.248 e. The second kappa shape index (κ2) is 7.99. The molecule has 0 amide bonds. The highest BCUT2D eigenvalue weighted by Gasteiger charge is 2.14. The van der Waals surface area contributed by atoms with Crippen LogP contribution in [0.3, 0.4) is 0 Å². The van der Waals surface area contributed by atoms with Crippen LogP contribution in [0.25, 0.3) is 22.9 Å². The van der Waals surface area contributed by atoms with Crippen molar-refractivity contribution in [2.75, 3.05) is 0 Å². The Hall–Kier alpha value is -2.56. The van der Waals surface area contributed by atoms with Crippen LogP contribution in [0.4, 0.5) is 0 Å². The highest BCUT2D eigenvalue weighted by molar-refractivity contribution is 5.59. The van der Waals surface area contributed by atoms with Crippen LogP contribution in [0.5, 0.6) is 0 Å². The van der Waals surface area contributed by atoms with E-state index in [4.69, 9.17) is 4.42 Å². The van der Waals surface area contributed by atoms with Gasteiger partial charge in [0.2, 0.25) is 11.8 Å². The number of hydrogen-bond acceptors (Lipinski definition) is 5. The zero-order chi connectivity index (χ0) is 19.6. The van der Waals surface area contributed by atoms with E-state index < -0.39 is 0 Å². The predicted octanol–water partition coefficient (Wildman–Crippen LogP) is 5.21. The molecule has 0 atom stereocenters. The second-order valence-corrected chi connectivity index (χ2v) is 8.09. The minimum absolute atomic E-state index is 0.528. The molecule has 0 aliphatic rings. The summed E-state index contributed by atoms with van der Waals surface area (Å²) in [6.07, 6.45) is 1.86. The zero-order valence-corrected chi connectivity index (χ0v) is 17.1. The van der Waals surface area contributed by atoms with Gasteiger partial charge in [0.1, 0.15) is 0 Å². The topological polar surface area (TPSA) is 64.7 Å². The monoisotopic (exact) mass is 364 g/mol. The molecular weight excluding hydrogens is 336 g/mol. The molecule has 0 aliphatic carbocycles. The lowest BCUT2D eigenvalue weighted by Gasteiger charge is -2.07. The summed E-state index contributed by atoms with van der Waals surface area (Å²) in [7, 11) is 0. The van der Waals surface area contributed by atoms with Crippen molar-refractivity contribution in [3.63, 3.8) is 0 Å². The maximum atomic E-state index is 6.01. The molecule has 0 N–H and O–H groups in total. The van der Waals surface area contributed by atoms with Gasteiger partial charge in [-0.3, -0.25) is 9.97 Å². The van der Waals surface area contributed by atoms with Crippen molar-refractivity contribution in [2.45, 2.75) is 54.4 Å². The molecule has 0 saturated carbocycles. The van der Waals surface area contributed by atoms with E-state index >= 15 is 0 Å². The van der Waals surface area contributed by atoms with Crippen molar-refractivity contribution in [3.8, 4) is 22.9 Å². The summed E-state index contributed by atoms with van der Waals surface area (Å²) in [6, 6.07) is 8.07. The van der Waals surface area contributed by atoms with E-state index in [0.29, 0.717) is 23.6 Å². The molecule has 3 rings (SSSR count).